The fourth-order valence-electron chi connectivity index (χ4n) is 0.687. The van der Waals surface area contributed by atoms with Crippen molar-refractivity contribution in [1.29, 1.82) is 0 Å². The molecule has 38 valence electrons. The van der Waals surface area contributed by atoms with Crippen molar-refractivity contribution in [3.8, 4) is 0 Å². The molecule has 1 heterocycles. The van der Waals surface area contributed by atoms with E-state index in [0.717, 1.165) is 6.61 Å². The zero-order valence-corrected chi connectivity index (χ0v) is 5.36. The van der Waals surface area contributed by atoms with Crippen LogP contribution in [0.4, 0.5) is 0 Å². The second-order valence-electron chi connectivity index (χ2n) is 1.67. The molecule has 0 bridgehead atoms. The molecule has 0 aromatic carbocycles. The van der Waals surface area contributed by atoms with Gasteiger partial charge in [0.1, 0.15) is 0 Å². The highest BCUT2D eigenvalue weighted by Crippen LogP contribution is 2.01. The molecular formula is C4H12OSi. The molecule has 0 aromatic heterocycles. The van der Waals surface area contributed by atoms with Crippen LogP contribution < -0.4 is 0 Å². The summed E-state index contributed by atoms with van der Waals surface area (Å²) in [6.45, 7) is 1.06. The van der Waals surface area contributed by atoms with E-state index < -0.39 is 0 Å². The maximum atomic E-state index is 5.21. The average molecular weight is 104 g/mol. The molecule has 0 aliphatic carbocycles. The van der Waals surface area contributed by atoms with Crippen LogP contribution in [0.5, 0.6) is 0 Å². The fourth-order valence-corrected chi connectivity index (χ4v) is 1.86. The third kappa shape index (κ3) is 1.10. The Hall–Kier alpha value is 0.177. The van der Waals surface area contributed by atoms with Crippen LogP contribution in [0.3, 0.4) is 0 Å². The molecule has 2 heteroatoms. The van der Waals surface area contributed by atoms with E-state index in [4.69, 9.17) is 4.43 Å². The molecule has 1 aliphatic rings. The van der Waals surface area contributed by atoms with Crippen molar-refractivity contribution in [2.75, 3.05) is 6.61 Å². The molecule has 0 unspecified atom stereocenters. The van der Waals surface area contributed by atoms with Crippen LogP contribution in [0, 0.1) is 0 Å². The zero-order valence-electron chi connectivity index (χ0n) is 3.94. The molecule has 1 fully saturated rings. The highest BCUT2D eigenvalue weighted by atomic mass is 28.2. The lowest BCUT2D eigenvalue weighted by Crippen LogP contribution is -2.06. The van der Waals surface area contributed by atoms with Crippen molar-refractivity contribution in [2.45, 2.75) is 18.9 Å². The van der Waals surface area contributed by atoms with Crippen molar-refractivity contribution in [3.05, 3.63) is 0 Å². The predicted molar refractivity (Wildman–Crippen MR) is 30.7 cm³/mol. The van der Waals surface area contributed by atoms with E-state index in [2.05, 4.69) is 0 Å². The second-order valence-corrected chi connectivity index (χ2v) is 3.20. The summed E-state index contributed by atoms with van der Waals surface area (Å²) in [5, 5.41) is 0. The lowest BCUT2D eigenvalue weighted by atomic mass is 10.4. The Labute approximate surface area is 42.1 Å². The third-order valence-electron chi connectivity index (χ3n) is 1.08. The Morgan fingerprint density at radius 2 is 2.50 bits per heavy atom. The Morgan fingerprint density at radius 3 is 2.67 bits per heavy atom. The molecule has 0 radical (unpaired) electrons. The van der Waals surface area contributed by atoms with Gasteiger partial charge in [0.05, 0.1) is 0 Å². The minimum absolute atomic E-state index is 0. The molecule has 1 saturated heterocycles. The maximum absolute atomic E-state index is 5.21. The van der Waals surface area contributed by atoms with Crippen LogP contribution in [0.2, 0.25) is 6.04 Å². The van der Waals surface area contributed by atoms with Gasteiger partial charge in [0, 0.05) is 8.03 Å². The lowest BCUT2D eigenvalue weighted by Gasteiger charge is -2.07. The summed E-state index contributed by atoms with van der Waals surface area (Å²) in [5.74, 6) is 0. The number of hydrogen-bond donors (Lipinski definition) is 0. The largest absolute Gasteiger partial charge is 0.424 e. The molecule has 0 amide bonds. The summed E-state index contributed by atoms with van der Waals surface area (Å²) in [7, 11) is 0.00849. The van der Waals surface area contributed by atoms with E-state index in [1.54, 1.807) is 0 Å². The van der Waals surface area contributed by atoms with E-state index in [9.17, 15) is 0 Å². The molecule has 0 saturated carbocycles. The normalized spacial score (nSPS) is 28.0. The van der Waals surface area contributed by atoms with Gasteiger partial charge in [0.25, 0.3) is 0 Å². The van der Waals surface area contributed by atoms with Crippen molar-refractivity contribution < 1.29 is 5.85 Å². The topological polar surface area (TPSA) is 9.23 Å². The maximum Gasteiger partial charge on any atom is 0.161 e. The molecule has 0 N–H and O–H groups in total. The van der Waals surface area contributed by atoms with Gasteiger partial charge in [-0.15, -0.1) is 0 Å². The summed E-state index contributed by atoms with van der Waals surface area (Å²) < 4.78 is 5.21. The summed E-state index contributed by atoms with van der Waals surface area (Å²) in [4.78, 5) is 0. The van der Waals surface area contributed by atoms with Crippen LogP contribution in [0.25, 0.3) is 0 Å². The van der Waals surface area contributed by atoms with Crippen molar-refractivity contribution in [1.82, 2.24) is 0 Å². The van der Waals surface area contributed by atoms with Gasteiger partial charge in [0.2, 0.25) is 0 Å². The fraction of sp³-hybridized carbons (Fsp3) is 1.00. The molecule has 6 heavy (non-hydrogen) atoms. The van der Waals surface area contributed by atoms with Crippen molar-refractivity contribution in [3.63, 3.8) is 0 Å². The third-order valence-corrected chi connectivity index (χ3v) is 2.44. The quantitative estimate of drug-likeness (QED) is 0.408. The van der Waals surface area contributed by atoms with Crippen LogP contribution >= 0.6 is 0 Å². The van der Waals surface area contributed by atoms with Crippen LogP contribution in [-0.4, -0.2) is 16.4 Å². The first-order chi connectivity index (χ1) is 3.00. The molecule has 0 atom stereocenters. The Morgan fingerprint density at radius 1 is 1.50 bits per heavy atom. The summed E-state index contributed by atoms with van der Waals surface area (Å²) in [6, 6.07) is 1.42. The molecule has 1 rings (SSSR count). The van der Waals surface area contributed by atoms with Gasteiger partial charge < -0.3 is 4.43 Å². The van der Waals surface area contributed by atoms with Gasteiger partial charge in [-0.25, -0.2) is 0 Å². The molecule has 1 aliphatic heterocycles. The van der Waals surface area contributed by atoms with E-state index in [1.807, 2.05) is 0 Å². The Balaban J connectivity index is 0.000000360. The highest BCUT2D eigenvalue weighted by molar-refractivity contribution is 6.27. The molecular weight excluding hydrogens is 92.1 g/mol. The first-order valence-electron chi connectivity index (χ1n) is 2.58. The SMILES string of the molecule is C1CC[SiH2]OC1.[HH]. The summed E-state index contributed by atoms with van der Waals surface area (Å²) in [6.07, 6.45) is 2.75. The molecule has 0 spiro atoms. The van der Waals surface area contributed by atoms with E-state index in [1.165, 1.54) is 18.9 Å². The van der Waals surface area contributed by atoms with Crippen LogP contribution in [0.1, 0.15) is 14.3 Å². The first kappa shape index (κ1) is 4.34. The Bertz CT molecular complexity index is 27.2. The minimum atomic E-state index is 0. The zero-order chi connectivity index (χ0) is 4.24. The lowest BCUT2D eigenvalue weighted by molar-refractivity contribution is 0.304. The predicted octanol–water partition coefficient (Wildman–Crippen LogP) is 0.545. The van der Waals surface area contributed by atoms with Crippen LogP contribution in [-0.2, 0) is 4.43 Å². The standard InChI is InChI=1S/C4H10OSi.H2/c1-2-4-6-5-3-1;/h1-4,6H2;1H. The molecule has 0 aromatic rings. The van der Waals surface area contributed by atoms with E-state index in [-0.39, 0.29) is 11.2 Å². The van der Waals surface area contributed by atoms with E-state index in [0.29, 0.717) is 0 Å². The average Bonchev–Trinajstić information content (AvgIpc) is 1.72. The van der Waals surface area contributed by atoms with Gasteiger partial charge >= 0.3 is 0 Å². The van der Waals surface area contributed by atoms with Crippen molar-refractivity contribution in [2.24, 2.45) is 0 Å². The van der Waals surface area contributed by atoms with Gasteiger partial charge in [-0.3, -0.25) is 0 Å². The smallest absolute Gasteiger partial charge is 0.161 e. The van der Waals surface area contributed by atoms with Gasteiger partial charge in [-0.2, -0.15) is 0 Å². The monoisotopic (exact) mass is 104 g/mol. The molecule has 1 nitrogen and oxygen atoms in total. The Kier molecular flexibility index (Phi) is 1.71. The summed E-state index contributed by atoms with van der Waals surface area (Å²) >= 11 is 0. The summed E-state index contributed by atoms with van der Waals surface area (Å²) in [5.41, 5.74) is 0. The second kappa shape index (κ2) is 2.37. The number of rotatable bonds is 0. The van der Waals surface area contributed by atoms with Crippen LogP contribution in [0.15, 0.2) is 0 Å². The minimum Gasteiger partial charge on any atom is -0.424 e. The van der Waals surface area contributed by atoms with Gasteiger partial charge in [-0.05, 0) is 12.5 Å². The van der Waals surface area contributed by atoms with Gasteiger partial charge in [0.15, 0.2) is 9.76 Å². The van der Waals surface area contributed by atoms with Crippen molar-refractivity contribution >= 4 is 9.76 Å². The van der Waals surface area contributed by atoms with E-state index >= 15 is 0 Å². The van der Waals surface area contributed by atoms with Gasteiger partial charge in [-0.1, -0.05) is 6.42 Å². The highest BCUT2D eigenvalue weighted by Gasteiger charge is 1.96. The number of hydrogen-bond acceptors (Lipinski definition) is 1. The first-order valence-corrected chi connectivity index (χ1v) is 4.15.